The quantitative estimate of drug-likeness (QED) is 0.0261. The first-order chi connectivity index (χ1) is 35.0. The molecule has 1 unspecified atom stereocenters. The van der Waals surface area contributed by atoms with E-state index in [1.165, 1.54) is 161 Å². The molecule has 0 N–H and O–H groups in total. The van der Waals surface area contributed by atoms with Crippen LogP contribution in [0, 0.1) is 0 Å². The summed E-state index contributed by atoms with van der Waals surface area (Å²) in [7, 11) is 0. The molecular weight excluding hydrogens is 877 g/mol. The summed E-state index contributed by atoms with van der Waals surface area (Å²) in [6.07, 6.45) is 76.1. The van der Waals surface area contributed by atoms with Gasteiger partial charge in [-0.3, -0.25) is 14.4 Å². The summed E-state index contributed by atoms with van der Waals surface area (Å²) in [6.45, 7) is 6.44. The average molecular weight is 992 g/mol. The lowest BCUT2D eigenvalue weighted by Crippen LogP contribution is -2.30. The number of carbonyl (C=O) groups is 3. The lowest BCUT2D eigenvalue weighted by Gasteiger charge is -2.18. The van der Waals surface area contributed by atoms with Crippen LogP contribution in [0.2, 0.25) is 0 Å². The molecule has 410 valence electrons. The van der Waals surface area contributed by atoms with Crippen LogP contribution in [0.15, 0.2) is 72.9 Å². The van der Waals surface area contributed by atoms with Gasteiger partial charge in [0.25, 0.3) is 0 Å². The van der Waals surface area contributed by atoms with Gasteiger partial charge < -0.3 is 14.2 Å². The predicted molar refractivity (Wildman–Crippen MR) is 307 cm³/mol. The van der Waals surface area contributed by atoms with E-state index in [0.717, 1.165) is 103 Å². The Morgan fingerprint density at radius 1 is 0.296 bits per heavy atom. The van der Waals surface area contributed by atoms with E-state index in [1.807, 2.05) is 0 Å². The first kappa shape index (κ1) is 67.8. The molecule has 0 heterocycles. The van der Waals surface area contributed by atoms with Crippen molar-refractivity contribution >= 4 is 17.9 Å². The Bertz CT molecular complexity index is 1320. The fourth-order valence-corrected chi connectivity index (χ4v) is 8.71. The van der Waals surface area contributed by atoms with Crippen molar-refractivity contribution in [2.45, 2.75) is 309 Å². The van der Waals surface area contributed by atoms with Crippen molar-refractivity contribution in [2.24, 2.45) is 0 Å². The smallest absolute Gasteiger partial charge is 0.306 e. The molecule has 0 saturated carbocycles. The van der Waals surface area contributed by atoms with Crippen molar-refractivity contribution < 1.29 is 28.6 Å². The summed E-state index contributed by atoms with van der Waals surface area (Å²) in [4.78, 5) is 38.3. The van der Waals surface area contributed by atoms with Gasteiger partial charge in [-0.1, -0.05) is 273 Å². The van der Waals surface area contributed by atoms with E-state index in [9.17, 15) is 14.4 Å². The Labute approximate surface area is 440 Å². The van der Waals surface area contributed by atoms with E-state index in [1.54, 1.807) is 0 Å². The third-order valence-corrected chi connectivity index (χ3v) is 13.2. The molecule has 1 atom stereocenters. The van der Waals surface area contributed by atoms with Crippen LogP contribution in [0.4, 0.5) is 0 Å². The minimum atomic E-state index is -0.782. The summed E-state index contributed by atoms with van der Waals surface area (Å²) in [5, 5.41) is 0. The number of unbranched alkanes of at least 4 members (excludes halogenated alkanes) is 32. The van der Waals surface area contributed by atoms with E-state index in [4.69, 9.17) is 14.2 Å². The van der Waals surface area contributed by atoms with E-state index in [-0.39, 0.29) is 31.1 Å². The molecular formula is C65H114O6. The second-order valence-corrected chi connectivity index (χ2v) is 20.2. The van der Waals surface area contributed by atoms with Crippen LogP contribution >= 0.6 is 0 Å². The topological polar surface area (TPSA) is 78.9 Å². The Hall–Kier alpha value is -3.15. The number of rotatable bonds is 55. The number of esters is 3. The van der Waals surface area contributed by atoms with Crippen molar-refractivity contribution in [1.29, 1.82) is 0 Å². The summed E-state index contributed by atoms with van der Waals surface area (Å²) >= 11 is 0. The molecule has 6 heteroatoms. The number of allylic oxidation sites excluding steroid dienone is 12. The van der Waals surface area contributed by atoms with Crippen molar-refractivity contribution in [2.75, 3.05) is 13.2 Å². The van der Waals surface area contributed by atoms with Gasteiger partial charge in [0.05, 0.1) is 0 Å². The first-order valence-corrected chi connectivity index (χ1v) is 30.4. The molecule has 0 aromatic carbocycles. The van der Waals surface area contributed by atoms with Gasteiger partial charge in [0.15, 0.2) is 6.10 Å². The molecule has 0 aromatic rings. The third kappa shape index (κ3) is 57.6. The second kappa shape index (κ2) is 59.4. The highest BCUT2D eigenvalue weighted by Gasteiger charge is 2.19. The second-order valence-electron chi connectivity index (χ2n) is 20.2. The van der Waals surface area contributed by atoms with Gasteiger partial charge in [-0.15, -0.1) is 0 Å². The van der Waals surface area contributed by atoms with Gasteiger partial charge >= 0.3 is 17.9 Å². The Morgan fingerprint density at radius 2 is 0.549 bits per heavy atom. The van der Waals surface area contributed by atoms with Crippen LogP contribution in [0.3, 0.4) is 0 Å². The summed E-state index contributed by atoms with van der Waals surface area (Å²) in [5.74, 6) is -0.883. The third-order valence-electron chi connectivity index (χ3n) is 13.2. The largest absolute Gasteiger partial charge is 0.462 e. The van der Waals surface area contributed by atoms with Crippen molar-refractivity contribution in [3.05, 3.63) is 72.9 Å². The summed E-state index contributed by atoms with van der Waals surface area (Å²) < 4.78 is 16.9. The van der Waals surface area contributed by atoms with E-state index in [0.29, 0.717) is 19.3 Å². The van der Waals surface area contributed by atoms with Crippen LogP contribution in [-0.2, 0) is 28.6 Å². The monoisotopic (exact) mass is 991 g/mol. The maximum atomic E-state index is 12.9. The van der Waals surface area contributed by atoms with Gasteiger partial charge in [-0.05, 0) is 83.5 Å². The molecule has 6 nitrogen and oxygen atoms in total. The number of hydrogen-bond donors (Lipinski definition) is 0. The highest BCUT2D eigenvalue weighted by Crippen LogP contribution is 2.17. The van der Waals surface area contributed by atoms with Crippen LogP contribution in [0.5, 0.6) is 0 Å². The average Bonchev–Trinajstić information content (AvgIpc) is 3.37. The predicted octanol–water partition coefficient (Wildman–Crippen LogP) is 20.5. The summed E-state index contributed by atoms with van der Waals surface area (Å²) in [5.41, 5.74) is 0. The van der Waals surface area contributed by atoms with E-state index >= 15 is 0 Å². The minimum absolute atomic E-state index is 0.0801. The number of hydrogen-bond acceptors (Lipinski definition) is 6. The van der Waals surface area contributed by atoms with Crippen molar-refractivity contribution in [3.8, 4) is 0 Å². The SMILES string of the molecule is CC/C=C\C/C=C\C/C=C\CCCCCCCCCCCC(=O)OCC(COC(=O)CCCCCCCC/C=C\C/C=C\C/C=C\CC)OC(=O)CCCCCCCCCCCCCCCCCCCC. The molecule has 0 aliphatic heterocycles. The molecule has 0 amide bonds. The van der Waals surface area contributed by atoms with E-state index in [2.05, 4.69) is 93.7 Å². The van der Waals surface area contributed by atoms with Crippen molar-refractivity contribution in [1.82, 2.24) is 0 Å². The normalized spacial score (nSPS) is 12.5. The zero-order chi connectivity index (χ0) is 51.4. The number of carbonyl (C=O) groups excluding carboxylic acids is 3. The zero-order valence-electron chi connectivity index (χ0n) is 47.0. The van der Waals surface area contributed by atoms with Crippen molar-refractivity contribution in [3.63, 3.8) is 0 Å². The molecule has 0 spiro atoms. The Kier molecular flexibility index (Phi) is 56.8. The fourth-order valence-electron chi connectivity index (χ4n) is 8.71. The van der Waals surface area contributed by atoms with Crippen LogP contribution in [0.1, 0.15) is 303 Å². The number of ether oxygens (including phenoxy) is 3. The van der Waals surface area contributed by atoms with Gasteiger partial charge in [-0.25, -0.2) is 0 Å². The standard InChI is InChI=1S/C65H114O6/c1-4-7-10-13-16-19-22-25-28-31-33-35-37-40-43-46-49-52-55-58-64(67)70-61-62(60-69-63(66)57-54-51-48-45-42-39-36-30-27-24-21-18-15-12-9-6-3)71-65(68)59-56-53-50-47-44-41-38-34-32-29-26-23-20-17-14-11-8-5-2/h7,9-10,12,16,18-19,21,25,27-28,30,62H,4-6,8,11,13-15,17,20,22-24,26,29,31-61H2,1-3H3/b10-7-,12-9-,19-16-,21-18-,28-25-,30-27-. The summed E-state index contributed by atoms with van der Waals surface area (Å²) in [6, 6.07) is 0. The molecule has 0 aliphatic rings. The van der Waals surface area contributed by atoms with Crippen LogP contribution < -0.4 is 0 Å². The molecule has 0 aromatic heterocycles. The maximum Gasteiger partial charge on any atom is 0.306 e. The lowest BCUT2D eigenvalue weighted by atomic mass is 10.0. The molecule has 0 aliphatic carbocycles. The highest BCUT2D eigenvalue weighted by atomic mass is 16.6. The molecule has 0 rings (SSSR count). The Balaban J connectivity index is 4.37. The molecule has 0 saturated heterocycles. The van der Waals surface area contributed by atoms with Crippen LogP contribution in [0.25, 0.3) is 0 Å². The lowest BCUT2D eigenvalue weighted by molar-refractivity contribution is -0.167. The van der Waals surface area contributed by atoms with E-state index < -0.39 is 6.10 Å². The van der Waals surface area contributed by atoms with Gasteiger partial charge in [0.1, 0.15) is 13.2 Å². The van der Waals surface area contributed by atoms with Gasteiger partial charge in [0, 0.05) is 19.3 Å². The molecule has 0 bridgehead atoms. The molecule has 0 radical (unpaired) electrons. The minimum Gasteiger partial charge on any atom is -0.462 e. The Morgan fingerprint density at radius 3 is 0.859 bits per heavy atom. The highest BCUT2D eigenvalue weighted by molar-refractivity contribution is 5.71. The molecule has 0 fully saturated rings. The van der Waals surface area contributed by atoms with Gasteiger partial charge in [-0.2, -0.15) is 0 Å². The maximum absolute atomic E-state index is 12.9. The fraction of sp³-hybridized carbons (Fsp3) is 0.769. The van der Waals surface area contributed by atoms with Gasteiger partial charge in [0.2, 0.25) is 0 Å². The first-order valence-electron chi connectivity index (χ1n) is 30.4. The van der Waals surface area contributed by atoms with Crippen LogP contribution in [-0.4, -0.2) is 37.2 Å². The molecule has 71 heavy (non-hydrogen) atoms. The zero-order valence-corrected chi connectivity index (χ0v) is 47.0.